The van der Waals surface area contributed by atoms with Crippen LogP contribution in [0, 0.1) is 5.82 Å². The van der Waals surface area contributed by atoms with Crippen molar-refractivity contribution in [2.75, 3.05) is 0 Å². The van der Waals surface area contributed by atoms with Gasteiger partial charge in [-0.15, -0.1) is 0 Å². The zero-order valence-electron chi connectivity index (χ0n) is 17.5. The number of oxazole rings is 1. The first-order chi connectivity index (χ1) is 15.5. The van der Waals surface area contributed by atoms with Gasteiger partial charge in [-0.1, -0.05) is 30.3 Å². The average molecular weight is 437 g/mol. The molecule has 1 aromatic heterocycles. The lowest BCUT2D eigenvalue weighted by molar-refractivity contribution is -0.135. The molecule has 0 aliphatic carbocycles. The first-order valence-corrected chi connectivity index (χ1v) is 11.0. The highest BCUT2D eigenvalue weighted by Crippen LogP contribution is 2.40. The molecule has 2 aliphatic rings. The molecule has 32 heavy (non-hydrogen) atoms. The molecule has 166 valence electrons. The Kier molecular flexibility index (Phi) is 5.28. The number of fused-ring (bicyclic) bond motifs is 2. The van der Waals surface area contributed by atoms with Crippen LogP contribution in [0.3, 0.4) is 0 Å². The van der Waals surface area contributed by atoms with Crippen LogP contribution >= 0.6 is 0 Å². The smallest absolute Gasteiger partial charge is 0.408 e. The van der Waals surface area contributed by atoms with E-state index in [1.165, 1.54) is 10.6 Å². The van der Waals surface area contributed by atoms with Crippen LogP contribution in [0.1, 0.15) is 43.7 Å². The van der Waals surface area contributed by atoms with Crippen LogP contribution in [0.15, 0.2) is 57.7 Å². The predicted octanol–water partition coefficient (Wildman–Crippen LogP) is 3.13. The van der Waals surface area contributed by atoms with Crippen molar-refractivity contribution in [3.05, 3.63) is 70.5 Å². The van der Waals surface area contributed by atoms with Crippen molar-refractivity contribution in [3.63, 3.8) is 0 Å². The Morgan fingerprint density at radius 2 is 1.91 bits per heavy atom. The van der Waals surface area contributed by atoms with Gasteiger partial charge in [0.2, 0.25) is 11.8 Å². The second-order valence-electron chi connectivity index (χ2n) is 8.44. The van der Waals surface area contributed by atoms with Gasteiger partial charge in [0, 0.05) is 24.9 Å². The maximum atomic E-state index is 14.7. The zero-order valence-corrected chi connectivity index (χ0v) is 17.5. The Bertz CT molecular complexity index is 1230. The van der Waals surface area contributed by atoms with Crippen molar-refractivity contribution in [1.82, 2.24) is 14.8 Å². The Balaban J connectivity index is 1.44. The third-order valence-electron chi connectivity index (χ3n) is 6.56. The number of rotatable bonds is 4. The van der Waals surface area contributed by atoms with E-state index in [1.54, 1.807) is 41.3 Å². The largest absolute Gasteiger partial charge is 0.419 e. The van der Waals surface area contributed by atoms with E-state index < -0.39 is 11.8 Å². The minimum atomic E-state index is -0.509. The summed E-state index contributed by atoms with van der Waals surface area (Å²) in [6, 6.07) is 12.7. The third kappa shape index (κ3) is 3.59. The highest BCUT2D eigenvalue weighted by atomic mass is 19.1. The summed E-state index contributed by atoms with van der Waals surface area (Å²) in [5, 5.41) is 3.02. The molecule has 8 heteroatoms. The van der Waals surface area contributed by atoms with Crippen LogP contribution in [0.5, 0.6) is 0 Å². The number of carbonyl (C=O) groups excluding carboxylic acids is 2. The number of halogens is 1. The molecule has 5 rings (SSSR count). The third-order valence-corrected chi connectivity index (χ3v) is 6.56. The Morgan fingerprint density at radius 1 is 1.12 bits per heavy atom. The number of carbonyl (C=O) groups is 2. The maximum absolute atomic E-state index is 14.7. The molecule has 7 nitrogen and oxygen atoms in total. The van der Waals surface area contributed by atoms with Crippen LogP contribution in [0.2, 0.25) is 0 Å². The molecule has 1 N–H and O–H groups in total. The zero-order chi connectivity index (χ0) is 22.2. The molecule has 0 unspecified atom stereocenters. The number of aromatic nitrogens is 1. The van der Waals surface area contributed by atoms with Crippen LogP contribution < -0.4 is 11.1 Å². The van der Waals surface area contributed by atoms with Crippen LogP contribution in [0.4, 0.5) is 4.39 Å². The maximum Gasteiger partial charge on any atom is 0.419 e. The Morgan fingerprint density at radius 3 is 2.75 bits per heavy atom. The standard InChI is InChI=1S/C24H24FN3O4/c25-16-7-2-1-6-15(16)20-14-17-18(9-5-11-22(29)26-17)28(20)23(30)12-13-27-19-8-3-4-10-21(19)32-24(27)31/h1-4,6-8,10,17-18,20H,5,9,11-14H2,(H,26,29)/t17-,18+,20+/m0/s1. The van der Waals surface area contributed by atoms with E-state index in [1.807, 2.05) is 6.07 Å². The SMILES string of the molecule is O=C1CCC[C@@H]2[C@H](C[C@H](c3ccccc3F)N2C(=O)CCn2c(=O)oc3ccccc32)N1. The second-order valence-corrected chi connectivity index (χ2v) is 8.44. The monoisotopic (exact) mass is 437 g/mol. The average Bonchev–Trinajstić information content (AvgIpc) is 3.22. The highest BCUT2D eigenvalue weighted by Gasteiger charge is 2.46. The van der Waals surface area contributed by atoms with Crippen molar-refractivity contribution in [2.24, 2.45) is 0 Å². The normalized spacial score (nSPS) is 23.1. The molecule has 3 aromatic rings. The van der Waals surface area contributed by atoms with Crippen LogP contribution in [-0.2, 0) is 16.1 Å². The minimum Gasteiger partial charge on any atom is -0.408 e. The van der Waals surface area contributed by atoms with Crippen molar-refractivity contribution in [1.29, 1.82) is 0 Å². The topological polar surface area (TPSA) is 84.6 Å². The summed E-state index contributed by atoms with van der Waals surface area (Å²) in [6.45, 7) is 0.166. The summed E-state index contributed by atoms with van der Waals surface area (Å²) in [5.41, 5.74) is 1.56. The van der Waals surface area contributed by atoms with Gasteiger partial charge in [0.05, 0.1) is 23.6 Å². The number of likely N-dealkylation sites (tertiary alicyclic amines) is 1. The number of hydrogen-bond acceptors (Lipinski definition) is 4. The fourth-order valence-corrected chi connectivity index (χ4v) is 5.13. The summed E-state index contributed by atoms with van der Waals surface area (Å²) in [4.78, 5) is 39.6. The van der Waals surface area contributed by atoms with Crippen LogP contribution in [-0.4, -0.2) is 33.4 Å². The van der Waals surface area contributed by atoms with E-state index in [0.717, 1.165) is 0 Å². The summed E-state index contributed by atoms with van der Waals surface area (Å²) < 4.78 is 21.4. The number of hydrogen-bond donors (Lipinski definition) is 1. The lowest BCUT2D eigenvalue weighted by atomic mass is 10.0. The quantitative estimate of drug-likeness (QED) is 0.680. The molecule has 0 spiro atoms. The number of aryl methyl sites for hydroxylation is 1. The van der Waals surface area contributed by atoms with Crippen molar-refractivity contribution in [3.8, 4) is 0 Å². The molecular weight excluding hydrogens is 413 g/mol. The minimum absolute atomic E-state index is 0.0319. The van der Waals surface area contributed by atoms with E-state index in [2.05, 4.69) is 5.32 Å². The van der Waals surface area contributed by atoms with Gasteiger partial charge in [-0.25, -0.2) is 9.18 Å². The van der Waals surface area contributed by atoms with E-state index >= 15 is 0 Å². The van der Waals surface area contributed by atoms with Gasteiger partial charge in [0.1, 0.15) is 5.82 Å². The van der Waals surface area contributed by atoms with E-state index in [4.69, 9.17) is 4.42 Å². The molecule has 2 amide bonds. The van der Waals surface area contributed by atoms with Crippen LogP contribution in [0.25, 0.3) is 11.1 Å². The first kappa shape index (κ1) is 20.5. The molecular formula is C24H24FN3O4. The highest BCUT2D eigenvalue weighted by molar-refractivity contribution is 5.80. The first-order valence-electron chi connectivity index (χ1n) is 11.0. The van der Waals surface area contributed by atoms with Gasteiger partial charge in [-0.3, -0.25) is 14.2 Å². The number of nitrogens with one attached hydrogen (secondary N) is 1. The predicted molar refractivity (Wildman–Crippen MR) is 115 cm³/mol. The molecule has 2 saturated heterocycles. The van der Waals surface area contributed by atoms with Gasteiger partial charge in [0.25, 0.3) is 0 Å². The van der Waals surface area contributed by atoms with Crippen molar-refractivity contribution >= 4 is 22.9 Å². The molecule has 2 fully saturated rings. The summed E-state index contributed by atoms with van der Waals surface area (Å²) in [5.74, 6) is -1.07. The summed E-state index contributed by atoms with van der Waals surface area (Å²) in [6.07, 6.45) is 2.32. The van der Waals surface area contributed by atoms with Crippen molar-refractivity contribution < 1.29 is 18.4 Å². The fourth-order valence-electron chi connectivity index (χ4n) is 5.13. The Labute approximate surface area is 183 Å². The molecule has 3 atom stereocenters. The fraction of sp³-hybridized carbons (Fsp3) is 0.375. The number of nitrogens with zero attached hydrogens (tertiary/aromatic N) is 2. The molecule has 2 aliphatic heterocycles. The van der Waals surface area contributed by atoms with Crippen molar-refractivity contribution in [2.45, 2.75) is 56.8 Å². The van der Waals surface area contributed by atoms with Gasteiger partial charge in [0.15, 0.2) is 5.58 Å². The number of para-hydroxylation sites is 2. The molecule has 2 aromatic carbocycles. The van der Waals surface area contributed by atoms with Gasteiger partial charge >= 0.3 is 5.76 Å². The molecule has 0 radical (unpaired) electrons. The Hall–Kier alpha value is -3.42. The van der Waals surface area contributed by atoms with E-state index in [9.17, 15) is 18.8 Å². The van der Waals surface area contributed by atoms with Gasteiger partial charge in [-0.2, -0.15) is 0 Å². The number of benzene rings is 2. The number of amides is 2. The molecule has 0 saturated carbocycles. The molecule has 3 heterocycles. The summed E-state index contributed by atoms with van der Waals surface area (Å²) >= 11 is 0. The van der Waals surface area contributed by atoms with E-state index in [0.29, 0.717) is 42.3 Å². The van der Waals surface area contributed by atoms with Gasteiger partial charge < -0.3 is 14.6 Å². The second kappa shape index (κ2) is 8.26. The summed E-state index contributed by atoms with van der Waals surface area (Å²) in [7, 11) is 0. The lowest BCUT2D eigenvalue weighted by Crippen LogP contribution is -2.45. The lowest BCUT2D eigenvalue weighted by Gasteiger charge is -2.31. The molecule has 0 bridgehead atoms. The van der Waals surface area contributed by atoms with E-state index in [-0.39, 0.29) is 42.7 Å². The van der Waals surface area contributed by atoms with Gasteiger partial charge in [-0.05, 0) is 37.5 Å².